The summed E-state index contributed by atoms with van der Waals surface area (Å²) < 4.78 is 0. The summed E-state index contributed by atoms with van der Waals surface area (Å²) in [6.45, 7) is 1.57. The number of anilines is 1. The minimum absolute atomic E-state index is 0.103. The highest BCUT2D eigenvalue weighted by Crippen LogP contribution is 2.22. The van der Waals surface area contributed by atoms with Gasteiger partial charge in [0.2, 0.25) is 5.91 Å². The van der Waals surface area contributed by atoms with Crippen molar-refractivity contribution in [1.82, 2.24) is 0 Å². The third kappa shape index (κ3) is 3.58. The van der Waals surface area contributed by atoms with Crippen LogP contribution in [0, 0.1) is 11.8 Å². The Kier molecular flexibility index (Phi) is 4.84. The first-order chi connectivity index (χ1) is 7.67. The van der Waals surface area contributed by atoms with Crippen molar-refractivity contribution < 1.29 is 9.90 Å². The Morgan fingerprint density at radius 2 is 2.31 bits per heavy atom. The summed E-state index contributed by atoms with van der Waals surface area (Å²) in [6, 6.07) is 5.07. The highest BCUT2D eigenvalue weighted by Gasteiger charge is 2.04. The number of aliphatic hydroxyl groups excluding tert-OH is 1. The summed E-state index contributed by atoms with van der Waals surface area (Å²) in [5.41, 5.74) is 1.24. The minimum atomic E-state index is -0.195. The van der Waals surface area contributed by atoms with Crippen LogP contribution in [0.4, 0.5) is 5.69 Å². The molecule has 2 N–H and O–H groups in total. The number of benzene rings is 1. The van der Waals surface area contributed by atoms with E-state index in [4.69, 9.17) is 16.7 Å². The first kappa shape index (κ1) is 12.6. The maximum absolute atomic E-state index is 11.2. The Labute approximate surface area is 99.4 Å². The van der Waals surface area contributed by atoms with Gasteiger partial charge in [-0.1, -0.05) is 30.4 Å². The second-order valence-electron chi connectivity index (χ2n) is 3.06. The molecule has 0 heterocycles. The van der Waals surface area contributed by atoms with Crippen LogP contribution < -0.4 is 5.32 Å². The number of amides is 1. The molecule has 0 aliphatic rings. The van der Waals surface area contributed by atoms with Crippen LogP contribution in [0.25, 0.3) is 0 Å². The second-order valence-corrected chi connectivity index (χ2v) is 3.46. The van der Waals surface area contributed by atoms with Crippen molar-refractivity contribution in [3.63, 3.8) is 0 Å². The van der Waals surface area contributed by atoms with Gasteiger partial charge >= 0.3 is 0 Å². The van der Waals surface area contributed by atoms with Crippen molar-refractivity contribution >= 4 is 23.2 Å². The zero-order chi connectivity index (χ0) is 12.0. The zero-order valence-electron chi connectivity index (χ0n) is 8.88. The summed E-state index contributed by atoms with van der Waals surface area (Å²) in [7, 11) is 0. The minimum Gasteiger partial charge on any atom is -0.384 e. The van der Waals surface area contributed by atoms with Crippen molar-refractivity contribution in [3.05, 3.63) is 28.8 Å². The number of halogens is 1. The molecule has 0 radical (unpaired) electrons. The summed E-state index contributed by atoms with van der Waals surface area (Å²) in [6.07, 6.45) is 0.392. The number of hydrogen-bond donors (Lipinski definition) is 2. The number of hydrogen-bond acceptors (Lipinski definition) is 2. The first-order valence-electron chi connectivity index (χ1n) is 4.86. The van der Waals surface area contributed by atoms with Gasteiger partial charge in [0, 0.05) is 12.0 Å². The van der Waals surface area contributed by atoms with E-state index >= 15 is 0 Å². The van der Waals surface area contributed by atoms with Crippen molar-refractivity contribution in [2.24, 2.45) is 0 Å². The predicted molar refractivity (Wildman–Crippen MR) is 64.3 cm³/mol. The lowest BCUT2D eigenvalue weighted by Gasteiger charge is -2.06. The second kappa shape index (κ2) is 6.16. The average Bonchev–Trinajstić information content (AvgIpc) is 2.30. The number of aliphatic hydroxyl groups is 1. The highest BCUT2D eigenvalue weighted by atomic mass is 35.5. The van der Waals surface area contributed by atoms with E-state index < -0.39 is 0 Å². The van der Waals surface area contributed by atoms with Gasteiger partial charge in [0.05, 0.1) is 10.7 Å². The van der Waals surface area contributed by atoms with Crippen LogP contribution in [0.2, 0.25) is 5.02 Å². The fourth-order valence-corrected chi connectivity index (χ4v) is 1.24. The van der Waals surface area contributed by atoms with E-state index in [-0.39, 0.29) is 12.5 Å². The molecule has 0 bridgehead atoms. The first-order valence-corrected chi connectivity index (χ1v) is 5.24. The van der Waals surface area contributed by atoms with Crippen molar-refractivity contribution in [1.29, 1.82) is 0 Å². The van der Waals surface area contributed by atoms with Crippen LogP contribution >= 0.6 is 11.6 Å². The molecule has 0 saturated heterocycles. The third-order valence-corrected chi connectivity index (χ3v) is 2.20. The van der Waals surface area contributed by atoms with Crippen molar-refractivity contribution in [2.45, 2.75) is 13.3 Å². The molecule has 0 saturated carbocycles. The summed E-state index contributed by atoms with van der Waals surface area (Å²) >= 11 is 5.92. The van der Waals surface area contributed by atoms with E-state index in [1.54, 1.807) is 25.1 Å². The van der Waals surface area contributed by atoms with Crippen LogP contribution in [0.15, 0.2) is 18.2 Å². The Morgan fingerprint density at radius 1 is 1.56 bits per heavy atom. The molecule has 0 spiro atoms. The van der Waals surface area contributed by atoms with Gasteiger partial charge < -0.3 is 10.4 Å². The van der Waals surface area contributed by atoms with E-state index in [1.165, 1.54) is 0 Å². The quantitative estimate of drug-likeness (QED) is 0.774. The van der Waals surface area contributed by atoms with E-state index in [2.05, 4.69) is 17.2 Å². The molecular weight excluding hydrogens is 226 g/mol. The molecule has 16 heavy (non-hydrogen) atoms. The molecule has 0 aromatic heterocycles. The Bertz CT molecular complexity index is 446. The lowest BCUT2D eigenvalue weighted by molar-refractivity contribution is -0.115. The highest BCUT2D eigenvalue weighted by molar-refractivity contribution is 6.33. The maximum atomic E-state index is 11.2. The molecule has 0 aliphatic carbocycles. The summed E-state index contributed by atoms with van der Waals surface area (Å²) in [5, 5.41) is 11.7. The fourth-order valence-electron chi connectivity index (χ4n) is 1.08. The van der Waals surface area contributed by atoms with Crippen LogP contribution in [-0.2, 0) is 4.79 Å². The van der Waals surface area contributed by atoms with Gasteiger partial charge in [-0.25, -0.2) is 0 Å². The van der Waals surface area contributed by atoms with Crippen LogP contribution in [0.1, 0.15) is 18.9 Å². The SMILES string of the molecule is CCC(=O)Nc1cc(C#CCO)ccc1Cl. The number of rotatable bonds is 2. The molecule has 3 nitrogen and oxygen atoms in total. The standard InChI is InChI=1S/C12H12ClNO2/c1-2-12(16)14-11-8-9(4-3-7-15)5-6-10(11)13/h5-6,8,15H,2,7H2,1H3,(H,14,16). The van der Waals surface area contributed by atoms with E-state index in [9.17, 15) is 4.79 Å². The molecule has 1 rings (SSSR count). The van der Waals surface area contributed by atoms with E-state index in [0.717, 1.165) is 0 Å². The lowest BCUT2D eigenvalue weighted by Crippen LogP contribution is -2.09. The van der Waals surface area contributed by atoms with Gasteiger partial charge in [-0.2, -0.15) is 0 Å². The van der Waals surface area contributed by atoms with Gasteiger partial charge in [-0.15, -0.1) is 0 Å². The van der Waals surface area contributed by atoms with Crippen molar-refractivity contribution in [3.8, 4) is 11.8 Å². The number of carbonyl (C=O) groups excluding carboxylic acids is 1. The topological polar surface area (TPSA) is 49.3 Å². The van der Waals surface area contributed by atoms with Gasteiger partial charge in [0.15, 0.2) is 0 Å². The fraction of sp³-hybridized carbons (Fsp3) is 0.250. The number of carbonyl (C=O) groups is 1. The molecular formula is C12H12ClNO2. The van der Waals surface area contributed by atoms with Crippen LogP contribution in [0.5, 0.6) is 0 Å². The normalized spacial score (nSPS) is 9.19. The van der Waals surface area contributed by atoms with Gasteiger partial charge in [0.1, 0.15) is 6.61 Å². The Balaban J connectivity index is 2.94. The van der Waals surface area contributed by atoms with E-state index in [1.807, 2.05) is 0 Å². The summed E-state index contributed by atoms with van der Waals surface area (Å²) in [5.74, 6) is 5.17. The van der Waals surface area contributed by atoms with E-state index in [0.29, 0.717) is 22.7 Å². The van der Waals surface area contributed by atoms with Gasteiger partial charge in [0.25, 0.3) is 0 Å². The molecule has 1 aromatic carbocycles. The average molecular weight is 238 g/mol. The molecule has 84 valence electrons. The lowest BCUT2D eigenvalue weighted by atomic mass is 10.2. The van der Waals surface area contributed by atoms with Gasteiger partial charge in [-0.3, -0.25) is 4.79 Å². The molecule has 4 heteroatoms. The number of nitrogens with one attached hydrogen (secondary N) is 1. The molecule has 0 aliphatic heterocycles. The molecule has 0 unspecified atom stereocenters. The summed E-state index contributed by atoms with van der Waals surface area (Å²) in [4.78, 5) is 11.2. The predicted octanol–water partition coefficient (Wildman–Crippen LogP) is 2.03. The zero-order valence-corrected chi connectivity index (χ0v) is 9.64. The Morgan fingerprint density at radius 3 is 2.94 bits per heavy atom. The monoisotopic (exact) mass is 237 g/mol. The molecule has 0 atom stereocenters. The Hall–Kier alpha value is -1.50. The molecule has 0 fully saturated rings. The molecule has 1 amide bonds. The smallest absolute Gasteiger partial charge is 0.224 e. The maximum Gasteiger partial charge on any atom is 0.224 e. The molecule has 1 aromatic rings. The van der Waals surface area contributed by atoms with Crippen molar-refractivity contribution in [2.75, 3.05) is 11.9 Å². The van der Waals surface area contributed by atoms with Crippen LogP contribution in [-0.4, -0.2) is 17.6 Å². The van der Waals surface area contributed by atoms with Gasteiger partial charge in [-0.05, 0) is 18.2 Å². The third-order valence-electron chi connectivity index (χ3n) is 1.87. The van der Waals surface area contributed by atoms with Crippen LogP contribution in [0.3, 0.4) is 0 Å². The largest absolute Gasteiger partial charge is 0.384 e.